The van der Waals surface area contributed by atoms with Crippen molar-refractivity contribution in [2.75, 3.05) is 25.5 Å². The number of hydrogen-bond acceptors (Lipinski definition) is 8. The predicted molar refractivity (Wildman–Crippen MR) is 131 cm³/mol. The van der Waals surface area contributed by atoms with Crippen molar-refractivity contribution in [3.8, 4) is 5.88 Å². The molecule has 0 radical (unpaired) electrons. The number of nitrogens with one attached hydrogen (secondary N) is 2. The molecule has 3 aromatic rings. The zero-order valence-corrected chi connectivity index (χ0v) is 18.9. The SMILES string of the molecule is CN=C/C(=C\N)c1cnc2c(c1)NC[C@@H]([C@H](NCCc1cnc(C)nc1)c1ccccc1)O2. The molecule has 0 bridgehead atoms. The first-order valence-electron chi connectivity index (χ1n) is 11.0. The number of aromatic nitrogens is 3. The highest BCUT2D eigenvalue weighted by Crippen LogP contribution is 2.32. The molecular weight excluding hydrogens is 414 g/mol. The van der Waals surface area contributed by atoms with E-state index in [1.807, 2.05) is 43.6 Å². The predicted octanol–water partition coefficient (Wildman–Crippen LogP) is 2.93. The van der Waals surface area contributed by atoms with Gasteiger partial charge >= 0.3 is 0 Å². The molecule has 0 saturated carbocycles. The Morgan fingerprint density at radius 2 is 2.03 bits per heavy atom. The van der Waals surface area contributed by atoms with Gasteiger partial charge in [-0.05, 0) is 37.1 Å². The highest BCUT2D eigenvalue weighted by Gasteiger charge is 2.29. The zero-order valence-electron chi connectivity index (χ0n) is 18.9. The molecule has 4 rings (SSSR count). The average Bonchev–Trinajstić information content (AvgIpc) is 2.86. The van der Waals surface area contributed by atoms with Crippen LogP contribution in [0.1, 0.15) is 28.6 Å². The van der Waals surface area contributed by atoms with Gasteiger partial charge in [-0.1, -0.05) is 30.3 Å². The van der Waals surface area contributed by atoms with Gasteiger partial charge in [0.25, 0.3) is 0 Å². The quantitative estimate of drug-likeness (QED) is 0.459. The van der Waals surface area contributed by atoms with Crippen LogP contribution in [0.15, 0.2) is 66.2 Å². The summed E-state index contributed by atoms with van der Waals surface area (Å²) in [6.07, 6.45) is 9.45. The Hall–Kier alpha value is -3.78. The van der Waals surface area contributed by atoms with Crippen LogP contribution in [0.25, 0.3) is 5.57 Å². The van der Waals surface area contributed by atoms with Crippen molar-refractivity contribution in [3.63, 3.8) is 0 Å². The van der Waals surface area contributed by atoms with E-state index in [-0.39, 0.29) is 12.1 Å². The largest absolute Gasteiger partial charge is 0.469 e. The number of nitrogens with zero attached hydrogens (tertiary/aromatic N) is 4. The van der Waals surface area contributed by atoms with Crippen molar-refractivity contribution in [1.29, 1.82) is 0 Å². The van der Waals surface area contributed by atoms with Gasteiger partial charge < -0.3 is 21.1 Å². The highest BCUT2D eigenvalue weighted by atomic mass is 16.5. The van der Waals surface area contributed by atoms with Gasteiger partial charge in [-0.3, -0.25) is 4.99 Å². The second-order valence-electron chi connectivity index (χ2n) is 7.85. The van der Waals surface area contributed by atoms with Gasteiger partial charge in [0.1, 0.15) is 11.9 Å². The van der Waals surface area contributed by atoms with Gasteiger partial charge in [-0.2, -0.15) is 0 Å². The van der Waals surface area contributed by atoms with Gasteiger partial charge in [-0.25, -0.2) is 15.0 Å². The van der Waals surface area contributed by atoms with Crippen molar-refractivity contribution < 1.29 is 4.74 Å². The van der Waals surface area contributed by atoms with E-state index in [9.17, 15) is 0 Å². The summed E-state index contributed by atoms with van der Waals surface area (Å²) in [7, 11) is 1.71. The maximum atomic E-state index is 6.35. The Bertz CT molecular complexity index is 1110. The minimum atomic E-state index is -0.130. The molecule has 2 atom stereocenters. The molecule has 1 aromatic carbocycles. The average molecular weight is 444 g/mol. The lowest BCUT2D eigenvalue weighted by Crippen LogP contribution is -2.43. The van der Waals surface area contributed by atoms with E-state index >= 15 is 0 Å². The fourth-order valence-electron chi connectivity index (χ4n) is 3.81. The standard InChI is InChI=1S/C25H29N7O/c1-17-29-12-18(13-30-17)8-9-28-24(19-6-4-3-5-7-19)23-16-31-22-10-20(15-32-25(22)33-23)21(11-26)14-27-2/h3-7,10-15,23-24,28,31H,8-9,16,26H2,1-2H3/b21-11+,27-14?/t23-,24+/m0/s1. The third kappa shape index (κ3) is 5.53. The molecule has 4 N–H and O–H groups in total. The molecule has 0 spiro atoms. The lowest BCUT2D eigenvalue weighted by atomic mass is 9.99. The summed E-state index contributed by atoms with van der Waals surface area (Å²) in [6, 6.07) is 12.3. The molecule has 0 aliphatic carbocycles. The first-order chi connectivity index (χ1) is 16.2. The Balaban J connectivity index is 1.49. The molecule has 0 amide bonds. The second-order valence-corrected chi connectivity index (χ2v) is 7.85. The number of rotatable bonds is 8. The first-order valence-corrected chi connectivity index (χ1v) is 11.0. The van der Waals surface area contributed by atoms with Crippen molar-refractivity contribution in [3.05, 3.63) is 83.7 Å². The summed E-state index contributed by atoms with van der Waals surface area (Å²) in [4.78, 5) is 17.2. The molecule has 2 aromatic heterocycles. The third-order valence-corrected chi connectivity index (χ3v) is 5.53. The van der Waals surface area contributed by atoms with Crippen LogP contribution in [0.2, 0.25) is 0 Å². The third-order valence-electron chi connectivity index (χ3n) is 5.53. The van der Waals surface area contributed by atoms with Crippen LogP contribution in [0, 0.1) is 6.92 Å². The van der Waals surface area contributed by atoms with Gasteiger partial charge in [0.2, 0.25) is 5.88 Å². The lowest BCUT2D eigenvalue weighted by molar-refractivity contribution is 0.150. The van der Waals surface area contributed by atoms with Crippen molar-refractivity contribution in [2.24, 2.45) is 10.7 Å². The van der Waals surface area contributed by atoms with E-state index in [0.29, 0.717) is 12.4 Å². The molecule has 170 valence electrons. The Morgan fingerprint density at radius 3 is 2.76 bits per heavy atom. The number of pyridine rings is 1. The van der Waals surface area contributed by atoms with Gasteiger partial charge in [0, 0.05) is 49.2 Å². The number of allylic oxidation sites excluding steroid dienone is 1. The summed E-state index contributed by atoms with van der Waals surface area (Å²) in [5, 5.41) is 7.14. The number of benzene rings is 1. The molecule has 3 heterocycles. The van der Waals surface area contributed by atoms with E-state index in [4.69, 9.17) is 10.5 Å². The van der Waals surface area contributed by atoms with Crippen LogP contribution >= 0.6 is 0 Å². The van der Waals surface area contributed by atoms with E-state index in [0.717, 1.165) is 46.7 Å². The van der Waals surface area contributed by atoms with Crippen molar-refractivity contribution >= 4 is 17.5 Å². The van der Waals surface area contributed by atoms with Crippen LogP contribution in [0.5, 0.6) is 5.88 Å². The lowest BCUT2D eigenvalue weighted by Gasteiger charge is -2.33. The van der Waals surface area contributed by atoms with E-state index < -0.39 is 0 Å². The van der Waals surface area contributed by atoms with Crippen LogP contribution in [0.3, 0.4) is 0 Å². The summed E-state index contributed by atoms with van der Waals surface area (Å²) in [5.41, 5.74) is 10.5. The summed E-state index contributed by atoms with van der Waals surface area (Å²) in [5.74, 6) is 1.36. The number of nitrogens with two attached hydrogens (primary N) is 1. The molecule has 8 heteroatoms. The summed E-state index contributed by atoms with van der Waals surface area (Å²) < 4.78 is 6.35. The van der Waals surface area contributed by atoms with Crippen LogP contribution in [-0.4, -0.2) is 47.4 Å². The van der Waals surface area contributed by atoms with Crippen LogP contribution < -0.4 is 21.1 Å². The topological polar surface area (TPSA) is 110 Å². The molecule has 33 heavy (non-hydrogen) atoms. The Labute approximate surface area is 194 Å². The molecule has 1 aliphatic rings. The van der Waals surface area contributed by atoms with Crippen LogP contribution in [0.4, 0.5) is 5.69 Å². The smallest absolute Gasteiger partial charge is 0.237 e. The normalized spacial score (nSPS) is 16.7. The molecule has 1 aliphatic heterocycles. The minimum absolute atomic E-state index is 0.00795. The molecule has 0 unspecified atom stereocenters. The van der Waals surface area contributed by atoms with Crippen molar-refractivity contribution in [1.82, 2.24) is 20.3 Å². The number of anilines is 1. The number of fused-ring (bicyclic) bond motifs is 1. The van der Waals surface area contributed by atoms with Crippen LogP contribution in [-0.2, 0) is 6.42 Å². The van der Waals surface area contributed by atoms with Gasteiger partial charge in [0.05, 0.1) is 18.3 Å². The highest BCUT2D eigenvalue weighted by molar-refractivity contribution is 6.09. The van der Waals surface area contributed by atoms with Gasteiger partial charge in [-0.15, -0.1) is 0 Å². The Kier molecular flexibility index (Phi) is 7.26. The number of aryl methyl sites for hydroxylation is 1. The maximum absolute atomic E-state index is 6.35. The first kappa shape index (κ1) is 22.4. The fourth-order valence-corrected chi connectivity index (χ4v) is 3.81. The minimum Gasteiger partial charge on any atom is -0.469 e. The summed E-state index contributed by atoms with van der Waals surface area (Å²) in [6.45, 7) is 3.30. The second kappa shape index (κ2) is 10.7. The Morgan fingerprint density at radius 1 is 1.24 bits per heavy atom. The fraction of sp³-hybridized carbons (Fsp3) is 0.280. The van der Waals surface area contributed by atoms with E-state index in [2.05, 4.69) is 42.7 Å². The monoisotopic (exact) mass is 443 g/mol. The number of aliphatic imine (C=N–C) groups is 1. The van der Waals surface area contributed by atoms with Crippen molar-refractivity contribution in [2.45, 2.75) is 25.5 Å². The van der Waals surface area contributed by atoms with E-state index in [1.54, 1.807) is 19.5 Å². The molecule has 0 saturated heterocycles. The van der Waals surface area contributed by atoms with E-state index in [1.165, 1.54) is 6.20 Å². The molecule has 0 fully saturated rings. The summed E-state index contributed by atoms with van der Waals surface area (Å²) >= 11 is 0. The molecular formula is C25H29N7O. The van der Waals surface area contributed by atoms with Gasteiger partial charge in [0.15, 0.2) is 0 Å². The number of hydrogen-bond donors (Lipinski definition) is 3. The molecule has 8 nitrogen and oxygen atoms in total. The number of ether oxygens (including phenoxy) is 1. The zero-order chi connectivity index (χ0) is 23.0. The maximum Gasteiger partial charge on any atom is 0.237 e.